The standard InChI is InChI=1S/C33H35NO/c1-31(2,3)25-17-21(16-20-10-8-9-11-22(20)25)29-30-23(12-15-34-29)24-18-26-27(19-28(24)35-30)33(6,7)14-13-32(26,4)5/h8-12,15-19H,13-14H2,1-7H3/i8D,9D,10D,11D,17D. The zero-order valence-electron chi connectivity index (χ0n) is 26.7. The molecular formula is C33H35NO. The number of pyridine rings is 1. The van der Waals surface area contributed by atoms with Gasteiger partial charge in [-0.3, -0.25) is 4.98 Å². The van der Waals surface area contributed by atoms with Gasteiger partial charge in [0.25, 0.3) is 0 Å². The molecule has 0 fully saturated rings. The minimum Gasteiger partial charge on any atom is -0.454 e. The highest BCUT2D eigenvalue weighted by Gasteiger charge is 2.37. The van der Waals surface area contributed by atoms with Crippen LogP contribution in [0.4, 0.5) is 0 Å². The van der Waals surface area contributed by atoms with Gasteiger partial charge in [-0.25, -0.2) is 0 Å². The van der Waals surface area contributed by atoms with E-state index in [2.05, 4.69) is 39.8 Å². The summed E-state index contributed by atoms with van der Waals surface area (Å²) in [5.74, 6) is 0. The molecule has 1 aliphatic carbocycles. The number of fused-ring (bicyclic) bond motifs is 5. The lowest BCUT2D eigenvalue weighted by Gasteiger charge is -2.41. The van der Waals surface area contributed by atoms with Crippen molar-refractivity contribution in [3.05, 3.63) is 77.4 Å². The average molecular weight is 467 g/mol. The Labute approximate surface area is 215 Å². The highest BCUT2D eigenvalue weighted by molar-refractivity contribution is 6.09. The molecule has 0 saturated carbocycles. The van der Waals surface area contributed by atoms with Gasteiger partial charge < -0.3 is 4.42 Å². The van der Waals surface area contributed by atoms with Crippen molar-refractivity contribution in [2.75, 3.05) is 0 Å². The summed E-state index contributed by atoms with van der Waals surface area (Å²) < 4.78 is 49.8. The minimum absolute atomic E-state index is 0.0383. The summed E-state index contributed by atoms with van der Waals surface area (Å²) in [5, 5.41) is 2.72. The second kappa shape index (κ2) is 7.20. The van der Waals surface area contributed by atoms with Gasteiger partial charge in [0.05, 0.1) is 6.85 Å². The summed E-state index contributed by atoms with van der Waals surface area (Å²) in [4.78, 5) is 4.70. The fourth-order valence-electron chi connectivity index (χ4n) is 5.65. The van der Waals surface area contributed by atoms with E-state index < -0.39 is 5.41 Å². The summed E-state index contributed by atoms with van der Waals surface area (Å²) >= 11 is 0. The summed E-state index contributed by atoms with van der Waals surface area (Å²) in [7, 11) is 0. The van der Waals surface area contributed by atoms with Crippen LogP contribution in [-0.2, 0) is 16.2 Å². The summed E-state index contributed by atoms with van der Waals surface area (Å²) in [5.41, 5.74) is 5.14. The van der Waals surface area contributed by atoms with Crippen LogP contribution in [0.5, 0.6) is 0 Å². The monoisotopic (exact) mass is 466 g/mol. The molecule has 2 heteroatoms. The molecule has 2 nitrogen and oxygen atoms in total. The molecule has 0 spiro atoms. The van der Waals surface area contributed by atoms with Crippen LogP contribution < -0.4 is 0 Å². The van der Waals surface area contributed by atoms with Gasteiger partial charge in [-0.05, 0) is 86.9 Å². The van der Waals surface area contributed by atoms with Gasteiger partial charge in [0.1, 0.15) is 11.3 Å². The normalized spacial score (nSPS) is 19.2. The van der Waals surface area contributed by atoms with Crippen LogP contribution >= 0.6 is 0 Å². The molecule has 0 aliphatic heterocycles. The zero-order chi connectivity index (χ0) is 29.1. The fraction of sp³-hybridized carbons (Fsp3) is 0.364. The molecule has 178 valence electrons. The molecule has 0 atom stereocenters. The largest absolute Gasteiger partial charge is 0.454 e. The Morgan fingerprint density at radius 1 is 0.886 bits per heavy atom. The number of nitrogens with zero attached hydrogens (tertiary/aromatic N) is 1. The van der Waals surface area contributed by atoms with Crippen molar-refractivity contribution in [1.29, 1.82) is 0 Å². The van der Waals surface area contributed by atoms with Crippen molar-refractivity contribution in [3.8, 4) is 11.3 Å². The molecular weight excluding hydrogens is 426 g/mol. The minimum atomic E-state index is -0.554. The van der Waals surface area contributed by atoms with Crippen LogP contribution in [0, 0.1) is 0 Å². The maximum Gasteiger partial charge on any atom is 0.161 e. The predicted octanol–water partition coefficient (Wildman–Crippen LogP) is 9.45. The molecule has 0 N–H and O–H groups in total. The van der Waals surface area contributed by atoms with Gasteiger partial charge in [-0.15, -0.1) is 0 Å². The van der Waals surface area contributed by atoms with E-state index in [1.165, 1.54) is 11.1 Å². The second-order valence-electron chi connectivity index (χ2n) is 12.4. The zero-order valence-corrected chi connectivity index (χ0v) is 21.7. The Morgan fingerprint density at radius 3 is 2.29 bits per heavy atom. The molecule has 35 heavy (non-hydrogen) atoms. The maximum absolute atomic E-state index is 9.33. The number of furan rings is 1. The van der Waals surface area contributed by atoms with Gasteiger partial charge in [0, 0.05) is 22.5 Å². The summed E-state index contributed by atoms with van der Waals surface area (Å²) in [6.07, 6.45) is 3.95. The molecule has 2 heterocycles. The van der Waals surface area contributed by atoms with E-state index in [4.69, 9.17) is 14.9 Å². The molecule has 1 aliphatic rings. The van der Waals surface area contributed by atoms with Crippen molar-refractivity contribution in [1.82, 2.24) is 4.98 Å². The number of hydrogen-bond acceptors (Lipinski definition) is 2. The van der Waals surface area contributed by atoms with Crippen LogP contribution in [0.15, 0.2) is 65.1 Å². The van der Waals surface area contributed by atoms with Gasteiger partial charge in [0.2, 0.25) is 0 Å². The van der Waals surface area contributed by atoms with E-state index in [1.807, 2.05) is 26.8 Å². The lowest BCUT2D eigenvalue weighted by atomic mass is 9.63. The first-order chi connectivity index (χ1) is 18.5. The Kier molecular flexibility index (Phi) is 3.56. The number of aromatic nitrogens is 1. The van der Waals surface area contributed by atoms with Crippen LogP contribution in [-0.4, -0.2) is 4.98 Å². The summed E-state index contributed by atoms with van der Waals surface area (Å²) in [6, 6.07) is 7.51. The van der Waals surface area contributed by atoms with E-state index in [-0.39, 0.29) is 41.0 Å². The fourth-order valence-corrected chi connectivity index (χ4v) is 5.65. The van der Waals surface area contributed by atoms with E-state index in [1.54, 1.807) is 12.3 Å². The molecule has 3 aromatic carbocycles. The van der Waals surface area contributed by atoms with E-state index >= 15 is 0 Å². The van der Waals surface area contributed by atoms with Crippen LogP contribution in [0.2, 0.25) is 0 Å². The highest BCUT2D eigenvalue weighted by Crippen LogP contribution is 2.48. The molecule has 0 radical (unpaired) electrons. The Hall–Kier alpha value is -3.13. The van der Waals surface area contributed by atoms with Gasteiger partial charge in [-0.1, -0.05) is 72.6 Å². The first kappa shape index (κ1) is 17.3. The van der Waals surface area contributed by atoms with Gasteiger partial charge in [-0.2, -0.15) is 0 Å². The quantitative estimate of drug-likeness (QED) is 0.246. The van der Waals surface area contributed by atoms with E-state index in [9.17, 15) is 1.37 Å². The molecule has 0 bridgehead atoms. The Balaban J connectivity index is 1.72. The molecule has 0 unspecified atom stereocenters. The third-order valence-electron chi connectivity index (χ3n) is 7.88. The smallest absolute Gasteiger partial charge is 0.161 e. The topological polar surface area (TPSA) is 26.0 Å². The third kappa shape index (κ3) is 3.41. The van der Waals surface area contributed by atoms with Crippen molar-refractivity contribution in [2.24, 2.45) is 0 Å². The maximum atomic E-state index is 9.33. The summed E-state index contributed by atoms with van der Waals surface area (Å²) in [6.45, 7) is 15.1. The number of benzene rings is 3. The third-order valence-corrected chi connectivity index (χ3v) is 7.88. The first-order valence-electron chi connectivity index (χ1n) is 15.0. The van der Waals surface area contributed by atoms with Crippen molar-refractivity contribution in [2.45, 2.75) is 77.6 Å². The van der Waals surface area contributed by atoms with E-state index in [0.29, 0.717) is 33.2 Å². The molecule has 5 aromatic rings. The van der Waals surface area contributed by atoms with E-state index in [0.717, 1.165) is 29.2 Å². The predicted molar refractivity (Wildman–Crippen MR) is 148 cm³/mol. The lowest BCUT2D eigenvalue weighted by molar-refractivity contribution is 0.332. The average Bonchev–Trinajstić information content (AvgIpc) is 3.25. The first-order valence-corrected chi connectivity index (χ1v) is 12.5. The van der Waals surface area contributed by atoms with Crippen molar-refractivity contribution in [3.63, 3.8) is 0 Å². The van der Waals surface area contributed by atoms with Gasteiger partial charge >= 0.3 is 0 Å². The molecule has 2 aromatic heterocycles. The van der Waals surface area contributed by atoms with Crippen molar-refractivity contribution >= 4 is 32.7 Å². The highest BCUT2D eigenvalue weighted by atomic mass is 16.3. The second-order valence-corrected chi connectivity index (χ2v) is 12.4. The Bertz CT molecular complexity index is 1890. The lowest BCUT2D eigenvalue weighted by Crippen LogP contribution is -2.33. The number of hydrogen-bond donors (Lipinski definition) is 0. The van der Waals surface area contributed by atoms with Crippen molar-refractivity contribution < 1.29 is 11.3 Å². The van der Waals surface area contributed by atoms with Gasteiger partial charge in [0.15, 0.2) is 5.58 Å². The number of rotatable bonds is 1. The van der Waals surface area contributed by atoms with Crippen LogP contribution in [0.1, 0.15) is 84.9 Å². The Morgan fingerprint density at radius 2 is 1.57 bits per heavy atom. The molecule has 0 saturated heterocycles. The van der Waals surface area contributed by atoms with Crippen LogP contribution in [0.3, 0.4) is 0 Å². The molecule has 0 amide bonds. The SMILES string of the molecule is [2H]c1c([2H])c([2H])c2c(C(C)(C)C)c([2H])c(-c3nccc4c3oc3cc5c(cc34)C(C)(C)CCC5(C)C)cc2c1[2H]. The molecule has 6 rings (SSSR count). The van der Waals surface area contributed by atoms with Crippen LogP contribution in [0.25, 0.3) is 44.0 Å².